The monoisotopic (exact) mass is 286 g/mol. The molecule has 0 fully saturated rings. The van der Waals surface area contributed by atoms with Gasteiger partial charge < -0.3 is 16.2 Å². The molecule has 1 rings (SSSR count). The smallest absolute Gasteiger partial charge is 0.304 e. The zero-order valence-corrected chi connectivity index (χ0v) is 10.6. The highest BCUT2D eigenvalue weighted by molar-refractivity contribution is 9.10. The van der Waals surface area contributed by atoms with Gasteiger partial charge in [-0.25, -0.2) is 0 Å². The topological polar surface area (TPSA) is 75.3 Å². The summed E-state index contributed by atoms with van der Waals surface area (Å²) >= 11 is 3.37. The third-order valence-corrected chi connectivity index (χ3v) is 2.85. The van der Waals surface area contributed by atoms with Gasteiger partial charge in [0.15, 0.2) is 0 Å². The van der Waals surface area contributed by atoms with E-state index in [0.29, 0.717) is 0 Å². The van der Waals surface area contributed by atoms with E-state index < -0.39 is 12.0 Å². The van der Waals surface area contributed by atoms with E-state index >= 15 is 0 Å². The van der Waals surface area contributed by atoms with Crippen LogP contribution in [0.5, 0.6) is 0 Å². The number of hydrogen-bond acceptors (Lipinski definition) is 3. The van der Waals surface area contributed by atoms with Crippen LogP contribution in [0.4, 0.5) is 0 Å². The number of carboxylic acid groups (broad SMARTS) is 1. The molecule has 0 aliphatic carbocycles. The van der Waals surface area contributed by atoms with Gasteiger partial charge in [0.05, 0.1) is 6.42 Å². The maximum Gasteiger partial charge on any atom is 0.304 e. The number of halogens is 1. The highest BCUT2D eigenvalue weighted by atomic mass is 79.9. The molecule has 0 radical (unpaired) electrons. The molecule has 1 aromatic carbocycles. The highest BCUT2D eigenvalue weighted by Crippen LogP contribution is 2.21. The van der Waals surface area contributed by atoms with Crippen LogP contribution in [0, 0.1) is 0 Å². The van der Waals surface area contributed by atoms with Gasteiger partial charge in [0.1, 0.15) is 0 Å². The van der Waals surface area contributed by atoms with Crippen molar-refractivity contribution in [3.05, 3.63) is 34.3 Å². The number of aliphatic carboxylic acids is 1. The molecule has 88 valence electrons. The van der Waals surface area contributed by atoms with Gasteiger partial charge >= 0.3 is 5.97 Å². The Labute approximate surface area is 103 Å². The van der Waals surface area contributed by atoms with E-state index in [1.54, 1.807) is 7.05 Å². The third-order valence-electron chi connectivity index (χ3n) is 2.36. The lowest BCUT2D eigenvalue weighted by atomic mass is 9.98. The predicted molar refractivity (Wildman–Crippen MR) is 66.2 cm³/mol. The first kappa shape index (κ1) is 13.2. The lowest BCUT2D eigenvalue weighted by Crippen LogP contribution is -2.37. The van der Waals surface area contributed by atoms with E-state index in [4.69, 9.17) is 10.8 Å². The van der Waals surface area contributed by atoms with Gasteiger partial charge in [0.25, 0.3) is 0 Å². The summed E-state index contributed by atoms with van der Waals surface area (Å²) in [6.07, 6.45) is -0.0575. The minimum absolute atomic E-state index is 0.0575. The Morgan fingerprint density at radius 2 is 2.31 bits per heavy atom. The number of nitrogens with one attached hydrogen (secondary N) is 1. The number of nitrogens with two attached hydrogens (primary N) is 1. The number of carboxylic acids is 1. The van der Waals surface area contributed by atoms with Crippen molar-refractivity contribution < 1.29 is 9.90 Å². The van der Waals surface area contributed by atoms with Gasteiger partial charge in [-0.15, -0.1) is 0 Å². The molecule has 0 amide bonds. The first-order chi connectivity index (χ1) is 7.54. The fourth-order valence-electron chi connectivity index (χ4n) is 1.65. The second-order valence-corrected chi connectivity index (χ2v) is 4.50. The Hall–Kier alpha value is -0.910. The van der Waals surface area contributed by atoms with Crippen molar-refractivity contribution in [1.82, 2.24) is 5.32 Å². The summed E-state index contributed by atoms with van der Waals surface area (Å²) in [7, 11) is 1.77. The SMILES string of the molecule is CNC(c1cccc(Br)c1)C(N)CC(=O)O. The van der Waals surface area contributed by atoms with E-state index in [1.165, 1.54) is 0 Å². The van der Waals surface area contributed by atoms with E-state index in [9.17, 15) is 4.79 Å². The summed E-state index contributed by atoms with van der Waals surface area (Å²) in [6.45, 7) is 0. The van der Waals surface area contributed by atoms with Crippen molar-refractivity contribution in [2.24, 2.45) is 5.73 Å². The maximum absolute atomic E-state index is 10.6. The summed E-state index contributed by atoms with van der Waals surface area (Å²) in [5.74, 6) is -0.886. The van der Waals surface area contributed by atoms with Gasteiger partial charge in [0.2, 0.25) is 0 Å². The first-order valence-electron chi connectivity index (χ1n) is 4.94. The summed E-state index contributed by atoms with van der Waals surface area (Å²) in [5, 5.41) is 11.8. The molecule has 0 bridgehead atoms. The van der Waals surface area contributed by atoms with Gasteiger partial charge in [-0.1, -0.05) is 28.1 Å². The molecular weight excluding hydrogens is 272 g/mol. The standard InChI is InChI=1S/C11H15BrN2O2/c1-14-11(9(13)6-10(15)16)7-3-2-4-8(12)5-7/h2-5,9,11,14H,6,13H2,1H3,(H,15,16). The minimum atomic E-state index is -0.886. The molecule has 2 atom stereocenters. The van der Waals surface area contributed by atoms with Gasteiger partial charge in [0, 0.05) is 16.6 Å². The van der Waals surface area contributed by atoms with E-state index in [-0.39, 0.29) is 12.5 Å². The largest absolute Gasteiger partial charge is 0.481 e. The summed E-state index contributed by atoms with van der Waals surface area (Å²) in [6, 6.07) is 7.07. The van der Waals surface area contributed by atoms with Gasteiger partial charge in [-0.3, -0.25) is 4.79 Å². The molecule has 0 aliphatic rings. The Balaban J connectivity index is 2.85. The molecular formula is C11H15BrN2O2. The van der Waals surface area contributed by atoms with Gasteiger partial charge in [-0.05, 0) is 24.7 Å². The molecule has 4 N–H and O–H groups in total. The van der Waals surface area contributed by atoms with Crippen molar-refractivity contribution in [2.75, 3.05) is 7.05 Å². The second kappa shape index (κ2) is 5.98. The molecule has 1 aromatic rings. The van der Waals surface area contributed by atoms with Crippen LogP contribution in [0.3, 0.4) is 0 Å². The summed E-state index contributed by atoms with van der Waals surface area (Å²) in [4.78, 5) is 10.6. The van der Waals surface area contributed by atoms with Crippen LogP contribution in [0.15, 0.2) is 28.7 Å². The zero-order valence-electron chi connectivity index (χ0n) is 8.98. The van der Waals surface area contributed by atoms with Crippen LogP contribution in [0.25, 0.3) is 0 Å². The fraction of sp³-hybridized carbons (Fsp3) is 0.364. The zero-order chi connectivity index (χ0) is 12.1. The van der Waals surface area contributed by atoms with Crippen molar-refractivity contribution in [1.29, 1.82) is 0 Å². The van der Waals surface area contributed by atoms with Crippen LogP contribution in [-0.4, -0.2) is 24.2 Å². The first-order valence-corrected chi connectivity index (χ1v) is 5.74. The maximum atomic E-state index is 10.6. The van der Waals surface area contributed by atoms with E-state index in [2.05, 4.69) is 21.2 Å². The summed E-state index contributed by atoms with van der Waals surface area (Å²) < 4.78 is 0.952. The lowest BCUT2D eigenvalue weighted by molar-refractivity contribution is -0.137. The molecule has 0 spiro atoms. The van der Waals surface area contributed by atoms with Crippen LogP contribution in [0.2, 0.25) is 0 Å². The number of hydrogen-bond donors (Lipinski definition) is 3. The van der Waals surface area contributed by atoms with Crippen LogP contribution in [0.1, 0.15) is 18.0 Å². The second-order valence-electron chi connectivity index (χ2n) is 3.58. The third kappa shape index (κ3) is 3.59. The van der Waals surface area contributed by atoms with Crippen molar-refractivity contribution >= 4 is 21.9 Å². The average molecular weight is 287 g/mol. The van der Waals surface area contributed by atoms with Crippen molar-refractivity contribution in [3.63, 3.8) is 0 Å². The minimum Gasteiger partial charge on any atom is -0.481 e. The number of likely N-dealkylation sites (N-methyl/N-ethyl adjacent to an activating group) is 1. The normalized spacial score (nSPS) is 14.4. The van der Waals surface area contributed by atoms with Crippen LogP contribution >= 0.6 is 15.9 Å². The number of rotatable bonds is 5. The molecule has 2 unspecified atom stereocenters. The Bertz CT molecular complexity index is 371. The quantitative estimate of drug-likeness (QED) is 0.767. The molecule has 4 nitrogen and oxygen atoms in total. The molecule has 0 saturated heterocycles. The average Bonchev–Trinajstić information content (AvgIpc) is 2.17. The van der Waals surface area contributed by atoms with Gasteiger partial charge in [-0.2, -0.15) is 0 Å². The number of benzene rings is 1. The van der Waals surface area contributed by atoms with Crippen LogP contribution in [-0.2, 0) is 4.79 Å². The predicted octanol–water partition coefficient (Wildman–Crippen LogP) is 1.51. The van der Waals surface area contributed by atoms with Crippen molar-refractivity contribution in [3.8, 4) is 0 Å². The molecule has 0 heterocycles. The Morgan fingerprint density at radius 1 is 1.62 bits per heavy atom. The Morgan fingerprint density at radius 3 is 2.81 bits per heavy atom. The molecule has 0 aromatic heterocycles. The molecule has 5 heteroatoms. The molecule has 0 aliphatic heterocycles. The molecule has 16 heavy (non-hydrogen) atoms. The lowest BCUT2D eigenvalue weighted by Gasteiger charge is -2.22. The van der Waals surface area contributed by atoms with E-state index in [0.717, 1.165) is 10.0 Å². The summed E-state index contributed by atoms with van der Waals surface area (Å²) in [5.41, 5.74) is 6.83. The molecule has 0 saturated carbocycles. The van der Waals surface area contributed by atoms with E-state index in [1.807, 2.05) is 24.3 Å². The van der Waals surface area contributed by atoms with Crippen LogP contribution < -0.4 is 11.1 Å². The number of carbonyl (C=O) groups is 1. The van der Waals surface area contributed by atoms with Crippen molar-refractivity contribution in [2.45, 2.75) is 18.5 Å². The fourth-order valence-corrected chi connectivity index (χ4v) is 2.06. The highest BCUT2D eigenvalue weighted by Gasteiger charge is 2.20. The Kier molecular flexibility index (Phi) is 4.92.